The molecule has 2 aliphatic rings. The van der Waals surface area contributed by atoms with Gasteiger partial charge in [-0.05, 0) is 65.7 Å². The van der Waals surface area contributed by atoms with Gasteiger partial charge in [0.05, 0.1) is 17.4 Å². The lowest BCUT2D eigenvalue weighted by Crippen LogP contribution is -2.47. The third kappa shape index (κ3) is 4.49. The van der Waals surface area contributed by atoms with Crippen molar-refractivity contribution in [2.45, 2.75) is 52.2 Å². The molecule has 3 N–H and O–H groups in total. The lowest BCUT2D eigenvalue weighted by Gasteiger charge is -2.27. The average Bonchev–Trinajstić information content (AvgIpc) is 3.28. The molecule has 3 amide bonds. The fourth-order valence-electron chi connectivity index (χ4n) is 5.46. The highest BCUT2D eigenvalue weighted by Gasteiger charge is 2.64. The number of amides is 3. The van der Waals surface area contributed by atoms with E-state index in [-0.39, 0.29) is 35.5 Å². The van der Waals surface area contributed by atoms with Gasteiger partial charge >= 0.3 is 0 Å². The van der Waals surface area contributed by atoms with E-state index in [0.29, 0.717) is 44.8 Å². The Morgan fingerprint density at radius 2 is 1.88 bits per heavy atom. The maximum atomic E-state index is 13.7. The number of nitrogens with one attached hydrogen (secondary N) is 1. The Morgan fingerprint density at radius 1 is 1.12 bits per heavy atom. The van der Waals surface area contributed by atoms with E-state index in [1.54, 1.807) is 42.5 Å². The molecule has 204 valence electrons. The fraction of sp³-hybridized carbons (Fsp3) is 0.333. The van der Waals surface area contributed by atoms with Crippen LogP contribution in [0.5, 0.6) is 0 Å². The van der Waals surface area contributed by atoms with E-state index in [1.807, 2.05) is 13.0 Å². The second-order valence-electron chi connectivity index (χ2n) is 10.7. The average molecular weight is 604 g/mol. The van der Waals surface area contributed by atoms with Crippen molar-refractivity contribution in [1.82, 2.24) is 34.6 Å². The molecule has 13 heteroatoms. The minimum atomic E-state index is -0.724. The molecule has 40 heavy (non-hydrogen) atoms. The molecule has 0 bridgehead atoms. The van der Waals surface area contributed by atoms with E-state index < -0.39 is 11.9 Å². The molecule has 0 aromatic carbocycles. The Morgan fingerprint density at radius 3 is 2.60 bits per heavy atom. The van der Waals surface area contributed by atoms with Crippen molar-refractivity contribution in [3.8, 4) is 11.3 Å². The smallest absolute Gasteiger partial charge is 0.269 e. The summed E-state index contributed by atoms with van der Waals surface area (Å²) in [5.41, 5.74) is 8.06. The van der Waals surface area contributed by atoms with Crippen molar-refractivity contribution >= 4 is 50.4 Å². The van der Waals surface area contributed by atoms with E-state index in [1.165, 1.54) is 4.68 Å². The third-order valence-corrected chi connectivity index (χ3v) is 8.20. The lowest BCUT2D eigenvalue weighted by atomic mass is 10.0. The number of primary amides is 1. The monoisotopic (exact) mass is 603 g/mol. The Bertz CT molecular complexity index is 1700. The minimum absolute atomic E-state index is 0.0302. The highest BCUT2D eigenvalue weighted by Crippen LogP contribution is 2.59. The summed E-state index contributed by atoms with van der Waals surface area (Å²) >= 11 is 3.34. The molecule has 6 rings (SSSR count). The number of aryl methyl sites for hydroxylation is 2. The van der Waals surface area contributed by atoms with Crippen molar-refractivity contribution < 1.29 is 14.4 Å². The van der Waals surface area contributed by atoms with E-state index in [0.717, 1.165) is 12.0 Å². The van der Waals surface area contributed by atoms with Crippen LogP contribution in [0, 0.1) is 19.3 Å². The first-order valence-electron chi connectivity index (χ1n) is 12.7. The topological polar surface area (TPSA) is 162 Å². The zero-order valence-corrected chi connectivity index (χ0v) is 23.6. The molecular formula is C27H26BrN9O3. The summed E-state index contributed by atoms with van der Waals surface area (Å²) in [6, 6.07) is 4.65. The summed E-state index contributed by atoms with van der Waals surface area (Å²) < 4.78 is 2.03. The molecule has 12 nitrogen and oxygen atoms in total. The molecule has 1 aliphatic heterocycles. The highest BCUT2D eigenvalue weighted by molar-refractivity contribution is 9.10. The molecule has 1 saturated carbocycles. The number of carbonyl (C=O) groups is 3. The number of aromatic nitrogens is 6. The molecule has 3 atom stereocenters. The van der Waals surface area contributed by atoms with Crippen LogP contribution in [-0.4, -0.2) is 64.4 Å². The molecule has 1 aliphatic carbocycles. The molecule has 0 radical (unpaired) electrons. The van der Waals surface area contributed by atoms with Crippen LogP contribution >= 0.6 is 15.9 Å². The first kappa shape index (κ1) is 26.0. The summed E-state index contributed by atoms with van der Waals surface area (Å²) in [4.78, 5) is 58.3. The van der Waals surface area contributed by atoms with Gasteiger partial charge < -0.3 is 16.0 Å². The lowest BCUT2D eigenvalue weighted by molar-refractivity contribution is -0.138. The van der Waals surface area contributed by atoms with Crippen LogP contribution in [0.25, 0.3) is 22.2 Å². The van der Waals surface area contributed by atoms with Gasteiger partial charge in [-0.25, -0.2) is 15.0 Å². The van der Waals surface area contributed by atoms with Crippen molar-refractivity contribution in [2.24, 2.45) is 11.1 Å². The number of piperidine rings is 1. The number of hydrogen-bond acceptors (Lipinski definition) is 8. The number of fused-ring (bicyclic) bond motifs is 2. The number of pyridine rings is 2. The first-order chi connectivity index (χ1) is 19.0. The number of halogens is 1. The fourth-order valence-corrected chi connectivity index (χ4v) is 5.77. The zero-order chi connectivity index (χ0) is 28.3. The number of nitrogens with zero attached hydrogens (tertiary/aromatic N) is 7. The van der Waals surface area contributed by atoms with Crippen molar-refractivity contribution in [3.63, 3.8) is 0 Å². The molecular weight excluding hydrogens is 578 g/mol. The summed E-state index contributed by atoms with van der Waals surface area (Å²) in [5.74, 6) is -0.217. The van der Waals surface area contributed by atoms with Crippen LogP contribution in [0.2, 0.25) is 0 Å². The van der Waals surface area contributed by atoms with E-state index >= 15 is 0 Å². The molecule has 5 heterocycles. The van der Waals surface area contributed by atoms with Crippen molar-refractivity contribution in [2.75, 3.05) is 5.32 Å². The van der Waals surface area contributed by atoms with Crippen LogP contribution in [0.3, 0.4) is 0 Å². The minimum Gasteiger partial charge on any atom is -0.364 e. The van der Waals surface area contributed by atoms with Crippen LogP contribution in [0.1, 0.15) is 41.6 Å². The van der Waals surface area contributed by atoms with Gasteiger partial charge in [-0.1, -0.05) is 13.0 Å². The molecule has 0 unspecified atom stereocenters. The predicted octanol–water partition coefficient (Wildman–Crippen LogP) is 2.78. The summed E-state index contributed by atoms with van der Waals surface area (Å²) in [6.45, 7) is 5.55. The Labute approximate surface area is 237 Å². The van der Waals surface area contributed by atoms with Crippen molar-refractivity contribution in [1.29, 1.82) is 0 Å². The number of likely N-dealkylation sites (tertiary alicyclic amines) is 1. The second kappa shape index (κ2) is 9.44. The maximum Gasteiger partial charge on any atom is 0.269 e. The molecule has 4 aromatic heterocycles. The predicted molar refractivity (Wildman–Crippen MR) is 149 cm³/mol. The van der Waals surface area contributed by atoms with Crippen LogP contribution in [-0.2, 0) is 16.1 Å². The largest absolute Gasteiger partial charge is 0.364 e. The van der Waals surface area contributed by atoms with Gasteiger partial charge in [-0.2, -0.15) is 5.10 Å². The van der Waals surface area contributed by atoms with E-state index in [2.05, 4.69) is 53.2 Å². The van der Waals surface area contributed by atoms with Crippen molar-refractivity contribution in [3.05, 3.63) is 58.5 Å². The summed E-state index contributed by atoms with van der Waals surface area (Å²) in [7, 11) is 0. The normalized spacial score (nSPS) is 21.4. The van der Waals surface area contributed by atoms with Crippen LogP contribution < -0.4 is 11.1 Å². The van der Waals surface area contributed by atoms with Gasteiger partial charge in [0.1, 0.15) is 28.8 Å². The Balaban J connectivity index is 1.29. The summed E-state index contributed by atoms with van der Waals surface area (Å²) in [5, 5.41) is 7.73. The van der Waals surface area contributed by atoms with Gasteiger partial charge in [0, 0.05) is 29.4 Å². The summed E-state index contributed by atoms with van der Waals surface area (Å²) in [6.07, 6.45) is 6.22. The van der Waals surface area contributed by atoms with Gasteiger partial charge in [0.25, 0.3) is 5.91 Å². The highest BCUT2D eigenvalue weighted by atomic mass is 79.9. The first-order valence-corrected chi connectivity index (χ1v) is 13.5. The number of hydrogen-bond donors (Lipinski definition) is 2. The quantitative estimate of drug-likeness (QED) is 0.318. The third-order valence-electron chi connectivity index (χ3n) is 7.76. The zero-order valence-electron chi connectivity index (χ0n) is 22.1. The van der Waals surface area contributed by atoms with E-state index in [9.17, 15) is 14.4 Å². The van der Waals surface area contributed by atoms with E-state index in [4.69, 9.17) is 5.73 Å². The molecule has 0 spiro atoms. The number of carbonyl (C=O) groups excluding carboxylic acids is 3. The van der Waals surface area contributed by atoms with Gasteiger partial charge in [0.15, 0.2) is 5.69 Å². The number of nitrogens with two attached hydrogens (primary N) is 1. The molecule has 4 aromatic rings. The molecule has 2 fully saturated rings. The molecule has 1 saturated heterocycles. The standard InChI is InChI=1S/C27H26BrN9O3/c1-13-4-5-21(28)33-25(13)34-26(40)18-7-27(3)8-20(27)37(18)22(38)12-36-19-11-32-17(15-9-30-14(2)31-10-15)6-16(19)23(35-36)24(29)39/h4-6,9-11,18,20H,7-8,12H2,1-3H3,(H2,29,39)(H,33,34,40)/t18-,20+,27-/m0/s1. The van der Waals surface area contributed by atoms with Crippen LogP contribution in [0.15, 0.2) is 41.4 Å². The Kier molecular flexibility index (Phi) is 6.13. The van der Waals surface area contributed by atoms with Crippen LogP contribution in [0.4, 0.5) is 5.82 Å². The second-order valence-corrected chi connectivity index (χ2v) is 11.5. The van der Waals surface area contributed by atoms with Gasteiger partial charge in [0.2, 0.25) is 11.8 Å². The SMILES string of the molecule is Cc1ncc(-c2cc3c(C(N)=O)nn(CC(=O)N4[C@H](C(=O)Nc5nc(Br)ccc5C)C[C@@]5(C)C[C@@H]45)c3cn2)cn1. The number of rotatable bonds is 6. The van der Waals surface area contributed by atoms with Gasteiger partial charge in [-0.3, -0.25) is 24.0 Å². The Hall–Kier alpha value is -4.26. The maximum absolute atomic E-state index is 13.7. The van der Waals surface area contributed by atoms with Gasteiger partial charge in [-0.15, -0.1) is 0 Å². The number of anilines is 1.